The summed E-state index contributed by atoms with van der Waals surface area (Å²) in [4.78, 5) is 13.2. The number of hydrogen-bond donors (Lipinski definition) is 1. The summed E-state index contributed by atoms with van der Waals surface area (Å²) in [7, 11) is 3.64. The number of carboxylic acids is 1. The van der Waals surface area contributed by atoms with Crippen molar-refractivity contribution in [1.82, 2.24) is 0 Å². The van der Waals surface area contributed by atoms with E-state index < -0.39 is 11.9 Å². The molecule has 0 radical (unpaired) electrons. The van der Waals surface area contributed by atoms with Gasteiger partial charge < -0.3 is 14.7 Å². The van der Waals surface area contributed by atoms with Crippen LogP contribution >= 0.6 is 0 Å². The number of fused-ring (bicyclic) bond motifs is 1. The van der Waals surface area contributed by atoms with Crippen molar-refractivity contribution in [3.63, 3.8) is 0 Å². The standard InChI is InChI=1S/C13H17NO3/c1-8(13(15)16)9-4-5-11-10(12(9)17-3)6-7-14(11)2/h4-5,8H,6-7H2,1-3H3,(H,15,16). The summed E-state index contributed by atoms with van der Waals surface area (Å²) in [5.74, 6) is -0.627. The summed E-state index contributed by atoms with van der Waals surface area (Å²) in [5, 5.41) is 9.09. The fourth-order valence-corrected chi connectivity index (χ4v) is 2.35. The molecule has 1 N–H and O–H groups in total. The molecule has 1 aromatic carbocycles. The van der Waals surface area contributed by atoms with Gasteiger partial charge in [0.15, 0.2) is 0 Å². The molecule has 1 aromatic rings. The topological polar surface area (TPSA) is 49.8 Å². The Hall–Kier alpha value is -1.71. The number of rotatable bonds is 3. The summed E-state index contributed by atoms with van der Waals surface area (Å²) >= 11 is 0. The number of anilines is 1. The average Bonchev–Trinajstić information content (AvgIpc) is 2.69. The number of methoxy groups -OCH3 is 1. The largest absolute Gasteiger partial charge is 0.496 e. The molecule has 0 spiro atoms. The Bertz CT molecular complexity index is 456. The van der Waals surface area contributed by atoms with Gasteiger partial charge in [-0.2, -0.15) is 0 Å². The maximum absolute atomic E-state index is 11.1. The molecule has 17 heavy (non-hydrogen) atoms. The first-order valence-corrected chi connectivity index (χ1v) is 5.70. The zero-order valence-electron chi connectivity index (χ0n) is 10.4. The van der Waals surface area contributed by atoms with Crippen molar-refractivity contribution >= 4 is 11.7 Å². The summed E-state index contributed by atoms with van der Waals surface area (Å²) < 4.78 is 5.42. The van der Waals surface area contributed by atoms with E-state index in [9.17, 15) is 4.79 Å². The van der Waals surface area contributed by atoms with Crippen molar-refractivity contribution in [2.75, 3.05) is 25.6 Å². The smallest absolute Gasteiger partial charge is 0.310 e. The van der Waals surface area contributed by atoms with Crippen LogP contribution in [-0.4, -0.2) is 31.8 Å². The maximum atomic E-state index is 11.1. The normalized spacial score (nSPS) is 15.6. The first-order chi connectivity index (χ1) is 8.06. The highest BCUT2D eigenvalue weighted by atomic mass is 16.5. The second-order valence-electron chi connectivity index (χ2n) is 4.42. The predicted octanol–water partition coefficient (Wildman–Crippen LogP) is 1.88. The first kappa shape index (κ1) is 11.8. The zero-order valence-corrected chi connectivity index (χ0v) is 10.4. The molecule has 4 nitrogen and oxygen atoms in total. The number of hydrogen-bond acceptors (Lipinski definition) is 3. The highest BCUT2D eigenvalue weighted by molar-refractivity contribution is 5.78. The Balaban J connectivity index is 2.53. The van der Waals surface area contributed by atoms with Gasteiger partial charge in [-0.15, -0.1) is 0 Å². The van der Waals surface area contributed by atoms with Gasteiger partial charge in [0.05, 0.1) is 13.0 Å². The third kappa shape index (κ3) is 1.84. The molecule has 92 valence electrons. The molecule has 1 atom stereocenters. The molecular formula is C13H17NO3. The molecule has 0 amide bonds. The van der Waals surface area contributed by atoms with Crippen LogP contribution < -0.4 is 9.64 Å². The summed E-state index contributed by atoms with van der Waals surface area (Å²) in [6.45, 7) is 2.64. The van der Waals surface area contributed by atoms with Gasteiger partial charge in [-0.05, 0) is 19.4 Å². The second-order valence-corrected chi connectivity index (χ2v) is 4.42. The average molecular weight is 235 g/mol. The Labute approximate surface area is 101 Å². The van der Waals surface area contributed by atoms with Crippen LogP contribution in [0.25, 0.3) is 0 Å². The highest BCUT2D eigenvalue weighted by Crippen LogP contribution is 2.39. The quantitative estimate of drug-likeness (QED) is 0.869. The molecule has 0 aliphatic carbocycles. The highest BCUT2D eigenvalue weighted by Gasteiger charge is 2.26. The maximum Gasteiger partial charge on any atom is 0.310 e. The van der Waals surface area contributed by atoms with Crippen LogP contribution in [0.2, 0.25) is 0 Å². The summed E-state index contributed by atoms with van der Waals surface area (Å²) in [5.41, 5.74) is 3.03. The lowest BCUT2D eigenvalue weighted by Gasteiger charge is -2.17. The fourth-order valence-electron chi connectivity index (χ4n) is 2.35. The van der Waals surface area contributed by atoms with E-state index in [0.29, 0.717) is 0 Å². The fraction of sp³-hybridized carbons (Fsp3) is 0.462. The number of aliphatic carboxylic acids is 1. The van der Waals surface area contributed by atoms with Gasteiger partial charge in [0.1, 0.15) is 5.75 Å². The lowest BCUT2D eigenvalue weighted by Crippen LogP contribution is -2.12. The lowest BCUT2D eigenvalue weighted by molar-refractivity contribution is -0.138. The van der Waals surface area contributed by atoms with E-state index in [2.05, 4.69) is 4.90 Å². The van der Waals surface area contributed by atoms with Gasteiger partial charge in [-0.25, -0.2) is 0 Å². The Kier molecular flexibility index (Phi) is 2.96. The molecule has 2 rings (SSSR count). The van der Waals surface area contributed by atoms with E-state index in [-0.39, 0.29) is 0 Å². The van der Waals surface area contributed by atoms with Crippen LogP contribution in [0.4, 0.5) is 5.69 Å². The molecule has 4 heteroatoms. The summed E-state index contributed by atoms with van der Waals surface area (Å²) in [6.07, 6.45) is 0.912. The molecule has 0 bridgehead atoms. The minimum absolute atomic E-state index is 0.541. The van der Waals surface area contributed by atoms with E-state index in [1.165, 1.54) is 0 Å². The molecule has 0 fully saturated rings. The zero-order chi connectivity index (χ0) is 12.6. The number of likely N-dealkylation sites (N-methyl/N-ethyl adjacent to an activating group) is 1. The van der Waals surface area contributed by atoms with Crippen molar-refractivity contribution in [3.8, 4) is 5.75 Å². The number of nitrogens with zero attached hydrogens (tertiary/aromatic N) is 1. The van der Waals surface area contributed by atoms with E-state index in [1.54, 1.807) is 14.0 Å². The molecular weight excluding hydrogens is 218 g/mol. The molecule has 1 unspecified atom stereocenters. The van der Waals surface area contributed by atoms with Crippen molar-refractivity contribution in [2.24, 2.45) is 0 Å². The Morgan fingerprint density at radius 3 is 2.82 bits per heavy atom. The van der Waals surface area contributed by atoms with Gasteiger partial charge in [0, 0.05) is 30.4 Å². The van der Waals surface area contributed by atoms with Gasteiger partial charge in [-0.1, -0.05) is 6.07 Å². The molecule has 1 heterocycles. The third-order valence-corrected chi connectivity index (χ3v) is 3.42. The number of carbonyl (C=O) groups is 1. The minimum atomic E-state index is -0.824. The second kappa shape index (κ2) is 4.28. The summed E-state index contributed by atoms with van der Waals surface area (Å²) in [6, 6.07) is 3.85. The lowest BCUT2D eigenvalue weighted by atomic mass is 9.96. The van der Waals surface area contributed by atoms with Crippen LogP contribution in [0.1, 0.15) is 24.0 Å². The van der Waals surface area contributed by atoms with Crippen molar-refractivity contribution in [2.45, 2.75) is 19.3 Å². The molecule has 1 aliphatic heterocycles. The SMILES string of the molecule is COc1c(C(C)C(=O)O)ccc2c1CCN2C. The molecule has 0 aromatic heterocycles. The predicted molar refractivity (Wildman–Crippen MR) is 66.0 cm³/mol. The molecule has 0 saturated carbocycles. The molecule has 0 saturated heterocycles. The number of benzene rings is 1. The van der Waals surface area contributed by atoms with E-state index in [4.69, 9.17) is 9.84 Å². The van der Waals surface area contributed by atoms with E-state index in [1.807, 2.05) is 19.2 Å². The number of ether oxygens (including phenoxy) is 1. The Morgan fingerprint density at radius 2 is 2.24 bits per heavy atom. The monoisotopic (exact) mass is 235 g/mol. The van der Waals surface area contributed by atoms with Crippen LogP contribution in [0.5, 0.6) is 5.75 Å². The van der Waals surface area contributed by atoms with Gasteiger partial charge in [0.25, 0.3) is 0 Å². The first-order valence-electron chi connectivity index (χ1n) is 5.70. The van der Waals surface area contributed by atoms with Crippen molar-refractivity contribution in [1.29, 1.82) is 0 Å². The van der Waals surface area contributed by atoms with Crippen molar-refractivity contribution in [3.05, 3.63) is 23.3 Å². The van der Waals surface area contributed by atoms with Crippen LogP contribution in [-0.2, 0) is 11.2 Å². The minimum Gasteiger partial charge on any atom is -0.496 e. The van der Waals surface area contributed by atoms with Gasteiger partial charge in [0.2, 0.25) is 0 Å². The van der Waals surface area contributed by atoms with Gasteiger partial charge >= 0.3 is 5.97 Å². The van der Waals surface area contributed by atoms with Gasteiger partial charge in [-0.3, -0.25) is 4.79 Å². The van der Waals surface area contributed by atoms with E-state index in [0.717, 1.165) is 35.5 Å². The number of carboxylic acid groups (broad SMARTS) is 1. The Morgan fingerprint density at radius 1 is 1.53 bits per heavy atom. The van der Waals surface area contributed by atoms with Crippen LogP contribution in [0.15, 0.2) is 12.1 Å². The molecule has 1 aliphatic rings. The van der Waals surface area contributed by atoms with Crippen molar-refractivity contribution < 1.29 is 14.6 Å². The van der Waals surface area contributed by atoms with Crippen LogP contribution in [0.3, 0.4) is 0 Å². The van der Waals surface area contributed by atoms with E-state index >= 15 is 0 Å². The van der Waals surface area contributed by atoms with Crippen LogP contribution in [0, 0.1) is 0 Å². The third-order valence-electron chi connectivity index (χ3n) is 3.42.